The van der Waals surface area contributed by atoms with E-state index in [-0.39, 0.29) is 5.41 Å². The van der Waals surface area contributed by atoms with Gasteiger partial charge in [0.15, 0.2) is 0 Å². The number of oxime groups is 1. The maximum atomic E-state index is 8.64. The van der Waals surface area contributed by atoms with Crippen molar-refractivity contribution in [3.05, 3.63) is 22.4 Å². The van der Waals surface area contributed by atoms with Crippen molar-refractivity contribution in [1.29, 1.82) is 0 Å². The first-order chi connectivity index (χ1) is 8.63. The van der Waals surface area contributed by atoms with Gasteiger partial charge in [-0.3, -0.25) is 0 Å². The average Bonchev–Trinajstić information content (AvgIpc) is 2.91. The Labute approximate surface area is 112 Å². The summed E-state index contributed by atoms with van der Waals surface area (Å²) in [5.74, 6) is 0.360. The predicted octanol–water partition coefficient (Wildman–Crippen LogP) is 2.14. The maximum Gasteiger partial charge on any atom is 0.139 e. The Balaban J connectivity index is 1.75. The molecule has 18 heavy (non-hydrogen) atoms. The third-order valence-corrected chi connectivity index (χ3v) is 4.50. The molecule has 1 aromatic rings. The summed E-state index contributed by atoms with van der Waals surface area (Å²) >= 11 is 1.81. The molecule has 0 bridgehead atoms. The van der Waals surface area contributed by atoms with Crippen LogP contribution < -0.4 is 5.73 Å². The second-order valence-corrected chi connectivity index (χ2v) is 6.37. The van der Waals surface area contributed by atoms with Crippen LogP contribution in [0, 0.1) is 5.41 Å². The fourth-order valence-corrected chi connectivity index (χ4v) is 3.09. The highest BCUT2D eigenvalue weighted by molar-refractivity contribution is 7.09. The van der Waals surface area contributed by atoms with Crippen molar-refractivity contribution in [1.82, 2.24) is 4.90 Å². The van der Waals surface area contributed by atoms with Gasteiger partial charge in [-0.05, 0) is 43.2 Å². The Morgan fingerprint density at radius 1 is 1.61 bits per heavy atom. The van der Waals surface area contributed by atoms with Crippen LogP contribution in [0.4, 0.5) is 0 Å². The molecule has 1 aliphatic carbocycles. The summed E-state index contributed by atoms with van der Waals surface area (Å²) in [7, 11) is 2.15. The first-order valence-corrected chi connectivity index (χ1v) is 7.19. The summed E-state index contributed by atoms with van der Waals surface area (Å²) in [5, 5.41) is 13.8. The third-order valence-electron chi connectivity index (χ3n) is 3.57. The van der Waals surface area contributed by atoms with Gasteiger partial charge in [0.05, 0.1) is 0 Å². The van der Waals surface area contributed by atoms with E-state index in [1.807, 2.05) is 11.3 Å². The van der Waals surface area contributed by atoms with E-state index in [0.717, 1.165) is 19.5 Å². The number of rotatable bonds is 7. The fourth-order valence-electron chi connectivity index (χ4n) is 2.39. The van der Waals surface area contributed by atoms with E-state index in [2.05, 4.69) is 34.6 Å². The van der Waals surface area contributed by atoms with Crippen molar-refractivity contribution < 1.29 is 5.21 Å². The molecule has 1 fully saturated rings. The first-order valence-electron chi connectivity index (χ1n) is 6.31. The van der Waals surface area contributed by atoms with Crippen LogP contribution >= 0.6 is 11.3 Å². The van der Waals surface area contributed by atoms with Crippen molar-refractivity contribution in [3.63, 3.8) is 0 Å². The van der Waals surface area contributed by atoms with Crippen LogP contribution in [0.5, 0.6) is 0 Å². The lowest BCUT2D eigenvalue weighted by Gasteiger charge is -2.23. The topological polar surface area (TPSA) is 61.8 Å². The van der Waals surface area contributed by atoms with Crippen LogP contribution in [-0.4, -0.2) is 36.1 Å². The van der Waals surface area contributed by atoms with Gasteiger partial charge in [-0.2, -0.15) is 0 Å². The molecule has 0 aliphatic heterocycles. The molecule has 0 spiro atoms. The van der Waals surface area contributed by atoms with Crippen LogP contribution in [0.15, 0.2) is 22.7 Å². The van der Waals surface area contributed by atoms with Gasteiger partial charge in [0.25, 0.3) is 0 Å². The van der Waals surface area contributed by atoms with Crippen LogP contribution in [0.2, 0.25) is 0 Å². The van der Waals surface area contributed by atoms with E-state index < -0.39 is 0 Å². The largest absolute Gasteiger partial charge is 0.409 e. The molecule has 1 aromatic heterocycles. The summed E-state index contributed by atoms with van der Waals surface area (Å²) in [4.78, 5) is 3.79. The minimum Gasteiger partial charge on any atom is -0.409 e. The molecular weight excluding hydrogens is 246 g/mol. The standard InChI is InChI=1S/C13H21N3OS/c1-16(7-4-11-3-2-8-18-11)10-13(5-6-13)9-12(14)15-17/h2-3,8,17H,4-7,9-10H2,1H3,(H2,14,15). The number of thiophene rings is 1. The number of amidine groups is 1. The molecule has 0 saturated heterocycles. The van der Waals surface area contributed by atoms with Gasteiger partial charge in [-0.15, -0.1) is 11.3 Å². The van der Waals surface area contributed by atoms with Crippen LogP contribution in [-0.2, 0) is 6.42 Å². The van der Waals surface area contributed by atoms with Crippen molar-refractivity contribution in [3.8, 4) is 0 Å². The number of nitrogens with zero attached hydrogens (tertiary/aromatic N) is 2. The molecule has 4 nitrogen and oxygen atoms in total. The smallest absolute Gasteiger partial charge is 0.139 e. The number of nitrogens with two attached hydrogens (primary N) is 1. The minimum absolute atomic E-state index is 0.264. The molecule has 0 aromatic carbocycles. The molecule has 0 unspecified atom stereocenters. The second-order valence-electron chi connectivity index (χ2n) is 5.34. The number of hydrogen-bond donors (Lipinski definition) is 2. The zero-order chi connectivity index (χ0) is 13.0. The fraction of sp³-hybridized carbons (Fsp3) is 0.615. The molecule has 1 heterocycles. The molecule has 100 valence electrons. The normalized spacial score (nSPS) is 18.2. The summed E-state index contributed by atoms with van der Waals surface area (Å²) in [5.41, 5.74) is 5.87. The molecule has 0 amide bonds. The summed E-state index contributed by atoms with van der Waals surface area (Å²) in [6, 6.07) is 4.28. The quantitative estimate of drug-likeness (QED) is 0.344. The van der Waals surface area contributed by atoms with Gasteiger partial charge in [-0.25, -0.2) is 0 Å². The monoisotopic (exact) mass is 267 g/mol. The Hall–Kier alpha value is -1.07. The van der Waals surface area contributed by atoms with Gasteiger partial charge in [0.1, 0.15) is 5.84 Å². The molecule has 5 heteroatoms. The first kappa shape index (κ1) is 13.4. The van der Waals surface area contributed by atoms with Crippen molar-refractivity contribution in [2.45, 2.75) is 25.7 Å². The van der Waals surface area contributed by atoms with Gasteiger partial charge < -0.3 is 15.8 Å². The lowest BCUT2D eigenvalue weighted by molar-refractivity contribution is 0.265. The average molecular weight is 267 g/mol. The summed E-state index contributed by atoms with van der Waals surface area (Å²) < 4.78 is 0. The number of likely N-dealkylation sites (N-methyl/N-ethyl adjacent to an activating group) is 1. The van der Waals surface area contributed by atoms with Crippen molar-refractivity contribution >= 4 is 17.2 Å². The van der Waals surface area contributed by atoms with Crippen LogP contribution in [0.25, 0.3) is 0 Å². The summed E-state index contributed by atoms with van der Waals surface area (Å²) in [6.07, 6.45) is 4.19. The molecule has 2 rings (SSSR count). The molecule has 0 radical (unpaired) electrons. The third kappa shape index (κ3) is 3.71. The summed E-state index contributed by atoms with van der Waals surface area (Å²) in [6.45, 7) is 2.10. The maximum absolute atomic E-state index is 8.64. The van der Waals surface area contributed by atoms with Gasteiger partial charge >= 0.3 is 0 Å². The number of hydrogen-bond acceptors (Lipinski definition) is 4. The highest BCUT2D eigenvalue weighted by Crippen LogP contribution is 2.49. The van der Waals surface area contributed by atoms with E-state index in [0.29, 0.717) is 12.3 Å². The van der Waals surface area contributed by atoms with E-state index in [4.69, 9.17) is 10.9 Å². The SMILES string of the molecule is CN(CCc1cccs1)CC1(C/C(N)=N/O)CC1. The van der Waals surface area contributed by atoms with Gasteiger partial charge in [0, 0.05) is 24.4 Å². The molecule has 1 saturated carbocycles. The molecule has 0 atom stereocenters. The van der Waals surface area contributed by atoms with Gasteiger partial charge in [-0.1, -0.05) is 11.2 Å². The zero-order valence-corrected chi connectivity index (χ0v) is 11.6. The molecule has 3 N–H and O–H groups in total. The molecule has 1 aliphatic rings. The Bertz CT molecular complexity index is 398. The van der Waals surface area contributed by atoms with E-state index in [9.17, 15) is 0 Å². The van der Waals surface area contributed by atoms with Crippen LogP contribution in [0.3, 0.4) is 0 Å². The minimum atomic E-state index is 0.264. The van der Waals surface area contributed by atoms with Crippen molar-refractivity contribution in [2.75, 3.05) is 20.1 Å². The Kier molecular flexibility index (Phi) is 4.24. The van der Waals surface area contributed by atoms with E-state index in [1.165, 1.54) is 17.7 Å². The lowest BCUT2D eigenvalue weighted by atomic mass is 10.0. The van der Waals surface area contributed by atoms with Crippen LogP contribution in [0.1, 0.15) is 24.1 Å². The Morgan fingerprint density at radius 3 is 2.94 bits per heavy atom. The molecular formula is C13H21N3OS. The highest BCUT2D eigenvalue weighted by atomic mass is 32.1. The second kappa shape index (κ2) is 5.71. The van der Waals surface area contributed by atoms with E-state index >= 15 is 0 Å². The van der Waals surface area contributed by atoms with E-state index in [1.54, 1.807) is 0 Å². The Morgan fingerprint density at radius 2 is 2.39 bits per heavy atom. The lowest BCUT2D eigenvalue weighted by Crippen LogP contribution is -2.31. The zero-order valence-electron chi connectivity index (χ0n) is 10.8. The van der Waals surface area contributed by atoms with Gasteiger partial charge in [0.2, 0.25) is 0 Å². The van der Waals surface area contributed by atoms with Crippen molar-refractivity contribution in [2.24, 2.45) is 16.3 Å². The predicted molar refractivity (Wildman–Crippen MR) is 75.2 cm³/mol. The highest BCUT2D eigenvalue weighted by Gasteiger charge is 2.43.